The van der Waals surface area contributed by atoms with Crippen LogP contribution in [0.1, 0.15) is 31.4 Å². The molecule has 0 spiro atoms. The zero-order valence-electron chi connectivity index (χ0n) is 18.7. The van der Waals surface area contributed by atoms with E-state index < -0.39 is 45.6 Å². The Kier molecular flexibility index (Phi) is 7.99. The summed E-state index contributed by atoms with van der Waals surface area (Å²) in [6.45, 7) is 3.75. The number of hydrogen-bond acceptors (Lipinski definition) is 5. The van der Waals surface area contributed by atoms with E-state index in [0.29, 0.717) is 13.0 Å². The highest BCUT2D eigenvalue weighted by Gasteiger charge is 2.33. The average molecular weight is 472 g/mol. The second kappa shape index (κ2) is 10.7. The van der Waals surface area contributed by atoms with Crippen molar-refractivity contribution in [2.45, 2.75) is 50.1 Å². The van der Waals surface area contributed by atoms with Crippen LogP contribution in [0.5, 0.6) is 0 Å². The Morgan fingerprint density at radius 1 is 1.03 bits per heavy atom. The number of aryl methyl sites for hydroxylation is 1. The van der Waals surface area contributed by atoms with E-state index in [1.165, 1.54) is 12.1 Å². The molecule has 1 aliphatic heterocycles. The molecule has 2 bridgehead atoms. The van der Waals surface area contributed by atoms with Gasteiger partial charge in [0.15, 0.2) is 0 Å². The van der Waals surface area contributed by atoms with E-state index in [1.807, 2.05) is 24.3 Å². The molecule has 0 aromatic heterocycles. The van der Waals surface area contributed by atoms with Gasteiger partial charge in [-0.3, -0.25) is 14.4 Å². The first-order valence-corrected chi connectivity index (χ1v) is 12.4. The van der Waals surface area contributed by atoms with Crippen molar-refractivity contribution in [3.63, 3.8) is 0 Å². The maximum Gasteiger partial charge on any atom is 0.289 e. The lowest BCUT2D eigenvalue weighted by Gasteiger charge is -2.25. The number of rotatable bonds is 6. The van der Waals surface area contributed by atoms with Crippen molar-refractivity contribution in [3.05, 3.63) is 65.7 Å². The molecule has 2 atom stereocenters. The number of carbonyl (C=O) groups is 3. The quantitative estimate of drug-likeness (QED) is 0.549. The molecular formula is C24H29N3O5S. The highest BCUT2D eigenvalue weighted by Crippen LogP contribution is 2.14. The van der Waals surface area contributed by atoms with Crippen molar-refractivity contribution in [2.75, 3.05) is 6.54 Å². The maximum atomic E-state index is 13.1. The van der Waals surface area contributed by atoms with Gasteiger partial charge >= 0.3 is 0 Å². The normalized spacial score (nSPS) is 18.2. The molecule has 0 saturated carbocycles. The van der Waals surface area contributed by atoms with Crippen molar-refractivity contribution in [1.82, 2.24) is 15.4 Å². The number of Topliss-reactive ketones (excluding diaryl/α,β-unsaturated/α-hetero) is 1. The van der Waals surface area contributed by atoms with Gasteiger partial charge in [-0.25, -0.2) is 8.42 Å². The molecule has 0 fully saturated rings. The molecule has 9 heteroatoms. The largest absolute Gasteiger partial charge is 0.349 e. The summed E-state index contributed by atoms with van der Waals surface area (Å²) in [6, 6.07) is 13.1. The first kappa shape index (κ1) is 24.6. The molecule has 0 saturated heterocycles. The van der Waals surface area contributed by atoms with Crippen LogP contribution in [-0.2, 0) is 37.2 Å². The third kappa shape index (κ3) is 6.49. The molecule has 2 aromatic rings. The molecule has 0 aliphatic carbocycles. The van der Waals surface area contributed by atoms with Gasteiger partial charge in [-0.05, 0) is 42.0 Å². The fourth-order valence-electron chi connectivity index (χ4n) is 3.69. The molecule has 2 amide bonds. The van der Waals surface area contributed by atoms with E-state index in [4.69, 9.17) is 0 Å². The monoisotopic (exact) mass is 471 g/mol. The molecule has 3 rings (SSSR count). The molecule has 0 radical (unpaired) electrons. The van der Waals surface area contributed by atoms with Gasteiger partial charge in [0.25, 0.3) is 5.91 Å². The van der Waals surface area contributed by atoms with Gasteiger partial charge in [-0.15, -0.1) is 0 Å². The van der Waals surface area contributed by atoms with Gasteiger partial charge in [-0.2, -0.15) is 4.72 Å². The van der Waals surface area contributed by atoms with Gasteiger partial charge < -0.3 is 10.6 Å². The summed E-state index contributed by atoms with van der Waals surface area (Å²) in [4.78, 5) is 38.4. The number of benzene rings is 2. The zero-order valence-corrected chi connectivity index (χ0v) is 19.5. The second-order valence-corrected chi connectivity index (χ2v) is 10.2. The summed E-state index contributed by atoms with van der Waals surface area (Å²) in [6.07, 6.45) is 1.58. The highest BCUT2D eigenvalue weighted by molar-refractivity contribution is 7.89. The number of ketones is 1. The van der Waals surface area contributed by atoms with Gasteiger partial charge in [0.1, 0.15) is 12.1 Å². The van der Waals surface area contributed by atoms with Crippen LogP contribution in [-0.4, -0.2) is 44.6 Å². The number of amides is 2. The number of hydrogen-bond donors (Lipinski definition) is 3. The summed E-state index contributed by atoms with van der Waals surface area (Å²) >= 11 is 0. The smallest absolute Gasteiger partial charge is 0.289 e. The highest BCUT2D eigenvalue weighted by atomic mass is 32.2. The van der Waals surface area contributed by atoms with E-state index in [2.05, 4.69) is 15.4 Å². The van der Waals surface area contributed by atoms with Gasteiger partial charge in [-0.1, -0.05) is 56.3 Å². The summed E-state index contributed by atoms with van der Waals surface area (Å²) in [7, 11) is -3.96. The molecule has 2 aromatic carbocycles. The zero-order chi connectivity index (χ0) is 24.0. The minimum atomic E-state index is -3.96. The molecule has 176 valence electrons. The van der Waals surface area contributed by atoms with Crippen LogP contribution < -0.4 is 15.4 Å². The van der Waals surface area contributed by atoms with E-state index in [1.54, 1.807) is 32.0 Å². The van der Waals surface area contributed by atoms with Gasteiger partial charge in [0.05, 0.1) is 4.90 Å². The SMILES string of the molecule is CC(C)C(NS(=O)(=O)c1ccccc1)C(=O)NC1Cc2cccc(c2)CCCNC(=O)C1=O. The number of nitrogens with one attached hydrogen (secondary N) is 3. The Bertz CT molecular complexity index is 1120. The number of fused-ring (bicyclic) bond motifs is 2. The van der Waals surface area contributed by atoms with E-state index in [0.717, 1.165) is 17.5 Å². The van der Waals surface area contributed by atoms with Crippen LogP contribution in [0.3, 0.4) is 0 Å². The lowest BCUT2D eigenvalue weighted by molar-refractivity contribution is -0.140. The topological polar surface area (TPSA) is 121 Å². The molecule has 33 heavy (non-hydrogen) atoms. The van der Waals surface area contributed by atoms with Crippen molar-refractivity contribution < 1.29 is 22.8 Å². The predicted octanol–water partition coefficient (Wildman–Crippen LogP) is 1.35. The Morgan fingerprint density at radius 2 is 1.73 bits per heavy atom. The molecule has 1 heterocycles. The fraction of sp³-hybridized carbons (Fsp3) is 0.375. The lowest BCUT2D eigenvalue weighted by Crippen LogP contribution is -2.56. The van der Waals surface area contributed by atoms with E-state index in [-0.39, 0.29) is 11.3 Å². The fourth-order valence-corrected chi connectivity index (χ4v) is 5.05. The standard InChI is InChI=1S/C24H29N3O5S/c1-16(2)21(27-33(31,32)19-11-4-3-5-12-19)23(29)26-20-15-18-9-6-8-17(14-18)10-7-13-25-24(30)22(20)28/h3-6,8-9,11-12,14,16,20-21,27H,7,10,13,15H2,1-2H3,(H,25,30)(H,26,29). The summed E-state index contributed by atoms with van der Waals surface area (Å²) in [5, 5.41) is 5.23. The minimum absolute atomic E-state index is 0.0330. The second-order valence-electron chi connectivity index (χ2n) is 8.46. The Balaban J connectivity index is 1.83. The van der Waals surface area contributed by atoms with Crippen LogP contribution in [0.25, 0.3) is 0 Å². The first-order chi connectivity index (χ1) is 15.7. The van der Waals surface area contributed by atoms with Crippen molar-refractivity contribution in [2.24, 2.45) is 5.92 Å². The van der Waals surface area contributed by atoms with Crippen LogP contribution in [0.15, 0.2) is 59.5 Å². The van der Waals surface area contributed by atoms with E-state index >= 15 is 0 Å². The third-order valence-electron chi connectivity index (χ3n) is 5.50. The molecule has 1 aliphatic rings. The molecule has 8 nitrogen and oxygen atoms in total. The summed E-state index contributed by atoms with van der Waals surface area (Å²) in [5.74, 6) is -2.59. The molecular weight excluding hydrogens is 442 g/mol. The predicted molar refractivity (Wildman–Crippen MR) is 124 cm³/mol. The van der Waals surface area contributed by atoms with Crippen molar-refractivity contribution in [1.29, 1.82) is 0 Å². The maximum absolute atomic E-state index is 13.1. The summed E-state index contributed by atoms with van der Waals surface area (Å²) < 4.78 is 28.0. The number of carbonyl (C=O) groups excluding carboxylic acids is 3. The third-order valence-corrected chi connectivity index (χ3v) is 6.96. The van der Waals surface area contributed by atoms with Crippen LogP contribution in [0, 0.1) is 5.92 Å². The van der Waals surface area contributed by atoms with Gasteiger partial charge in [0, 0.05) is 13.0 Å². The van der Waals surface area contributed by atoms with Crippen LogP contribution in [0.4, 0.5) is 0 Å². The average Bonchev–Trinajstić information content (AvgIpc) is 2.80. The van der Waals surface area contributed by atoms with Crippen LogP contribution in [0.2, 0.25) is 0 Å². The number of sulfonamides is 1. The minimum Gasteiger partial charge on any atom is -0.349 e. The van der Waals surface area contributed by atoms with Crippen LogP contribution >= 0.6 is 0 Å². The van der Waals surface area contributed by atoms with Crippen molar-refractivity contribution in [3.8, 4) is 0 Å². The Morgan fingerprint density at radius 3 is 2.42 bits per heavy atom. The lowest BCUT2D eigenvalue weighted by atomic mass is 9.98. The summed E-state index contributed by atoms with van der Waals surface area (Å²) in [5.41, 5.74) is 1.89. The van der Waals surface area contributed by atoms with Gasteiger partial charge in [0.2, 0.25) is 21.7 Å². The Labute approximate surface area is 194 Å². The van der Waals surface area contributed by atoms with Crippen molar-refractivity contribution >= 4 is 27.6 Å². The van der Waals surface area contributed by atoms with E-state index in [9.17, 15) is 22.8 Å². The Hall–Kier alpha value is -3.04. The molecule has 3 N–H and O–H groups in total. The molecule has 2 unspecified atom stereocenters. The first-order valence-electron chi connectivity index (χ1n) is 10.9.